The first kappa shape index (κ1) is 11.0. The minimum atomic E-state index is -0.923. The van der Waals surface area contributed by atoms with Crippen LogP contribution in [0.15, 0.2) is 24.4 Å². The van der Waals surface area contributed by atoms with Crippen LogP contribution >= 0.6 is 11.6 Å². The molecule has 0 bridgehead atoms. The van der Waals surface area contributed by atoms with Gasteiger partial charge in [-0.05, 0) is 19.1 Å². The Kier molecular flexibility index (Phi) is 2.87. The van der Waals surface area contributed by atoms with Gasteiger partial charge in [-0.3, -0.25) is 0 Å². The highest BCUT2D eigenvalue weighted by atomic mass is 35.5. The first-order valence-corrected chi connectivity index (χ1v) is 5.03. The van der Waals surface area contributed by atoms with Crippen LogP contribution in [0.3, 0.4) is 0 Å². The Hall–Kier alpha value is -1.49. The maximum absolute atomic E-state index is 13.0. The van der Waals surface area contributed by atoms with Gasteiger partial charge in [0.25, 0.3) is 0 Å². The number of hydrogen-bond donors (Lipinski definition) is 0. The van der Waals surface area contributed by atoms with Gasteiger partial charge in [-0.1, -0.05) is 5.21 Å². The third-order valence-corrected chi connectivity index (χ3v) is 2.31. The second-order valence-corrected chi connectivity index (χ2v) is 3.96. The zero-order valence-electron chi connectivity index (χ0n) is 8.36. The van der Waals surface area contributed by atoms with Crippen molar-refractivity contribution in [2.75, 3.05) is 0 Å². The SMILES string of the molecule is CC(Cl)c1cn(-c2ccc(F)c(F)c2)nn1. The second-order valence-electron chi connectivity index (χ2n) is 3.30. The van der Waals surface area contributed by atoms with Crippen molar-refractivity contribution in [2.24, 2.45) is 0 Å². The third-order valence-electron chi connectivity index (χ3n) is 2.09. The normalized spacial score (nSPS) is 12.8. The molecule has 84 valence electrons. The van der Waals surface area contributed by atoms with Crippen LogP contribution in [0.2, 0.25) is 0 Å². The molecule has 1 unspecified atom stereocenters. The first-order valence-electron chi connectivity index (χ1n) is 4.59. The lowest BCUT2D eigenvalue weighted by Gasteiger charge is -2.00. The number of nitrogens with zero attached hydrogens (tertiary/aromatic N) is 3. The van der Waals surface area contributed by atoms with Gasteiger partial charge in [0, 0.05) is 6.07 Å². The van der Waals surface area contributed by atoms with Gasteiger partial charge in [0.1, 0.15) is 5.69 Å². The molecule has 1 atom stereocenters. The molecule has 1 aromatic heterocycles. The number of benzene rings is 1. The van der Waals surface area contributed by atoms with Crippen LogP contribution in [0.4, 0.5) is 8.78 Å². The van der Waals surface area contributed by atoms with Crippen LogP contribution in [0, 0.1) is 11.6 Å². The Bertz CT molecular complexity index is 511. The monoisotopic (exact) mass is 243 g/mol. The van der Waals surface area contributed by atoms with Crippen molar-refractivity contribution in [3.63, 3.8) is 0 Å². The summed E-state index contributed by atoms with van der Waals surface area (Å²) in [6.07, 6.45) is 1.57. The summed E-state index contributed by atoms with van der Waals surface area (Å²) in [4.78, 5) is 0. The topological polar surface area (TPSA) is 30.7 Å². The van der Waals surface area contributed by atoms with E-state index in [0.717, 1.165) is 12.1 Å². The van der Waals surface area contributed by atoms with E-state index in [0.29, 0.717) is 11.4 Å². The summed E-state index contributed by atoms with van der Waals surface area (Å²) >= 11 is 5.81. The Morgan fingerprint density at radius 1 is 1.31 bits per heavy atom. The van der Waals surface area contributed by atoms with Crippen molar-refractivity contribution >= 4 is 11.6 Å². The average Bonchev–Trinajstić information content (AvgIpc) is 2.71. The van der Waals surface area contributed by atoms with Gasteiger partial charge in [-0.25, -0.2) is 13.5 Å². The van der Waals surface area contributed by atoms with Gasteiger partial charge in [0.2, 0.25) is 0 Å². The molecule has 0 aliphatic heterocycles. The largest absolute Gasteiger partial charge is 0.220 e. The zero-order valence-corrected chi connectivity index (χ0v) is 9.12. The maximum Gasteiger partial charge on any atom is 0.160 e. The number of halogens is 3. The lowest BCUT2D eigenvalue weighted by atomic mass is 10.3. The Morgan fingerprint density at radius 2 is 2.06 bits per heavy atom. The predicted molar refractivity (Wildman–Crippen MR) is 55.5 cm³/mol. The summed E-state index contributed by atoms with van der Waals surface area (Å²) in [5.41, 5.74) is 0.973. The molecule has 2 rings (SSSR count). The Labute approximate surface area is 95.6 Å². The highest BCUT2D eigenvalue weighted by Gasteiger charge is 2.09. The van der Waals surface area contributed by atoms with Gasteiger partial charge in [0.05, 0.1) is 17.3 Å². The van der Waals surface area contributed by atoms with Crippen molar-refractivity contribution in [1.82, 2.24) is 15.0 Å². The molecule has 1 heterocycles. The van der Waals surface area contributed by atoms with Crippen molar-refractivity contribution in [2.45, 2.75) is 12.3 Å². The molecule has 16 heavy (non-hydrogen) atoms. The fourth-order valence-electron chi connectivity index (χ4n) is 1.21. The van der Waals surface area contributed by atoms with Crippen molar-refractivity contribution in [1.29, 1.82) is 0 Å². The van der Waals surface area contributed by atoms with E-state index in [1.54, 1.807) is 13.1 Å². The molecule has 6 heteroatoms. The molecular formula is C10H8ClF2N3. The minimum Gasteiger partial charge on any atom is -0.220 e. The molecule has 0 aliphatic carbocycles. The van der Waals surface area contributed by atoms with E-state index in [2.05, 4.69) is 10.3 Å². The van der Waals surface area contributed by atoms with Crippen LogP contribution in [-0.4, -0.2) is 15.0 Å². The quantitative estimate of drug-likeness (QED) is 0.760. The van der Waals surface area contributed by atoms with Crippen LogP contribution in [0.25, 0.3) is 5.69 Å². The lowest BCUT2D eigenvalue weighted by molar-refractivity contribution is 0.507. The van der Waals surface area contributed by atoms with Gasteiger partial charge in [-0.2, -0.15) is 0 Å². The van der Waals surface area contributed by atoms with Crippen molar-refractivity contribution in [3.05, 3.63) is 41.7 Å². The minimum absolute atomic E-state index is 0.279. The van der Waals surface area contributed by atoms with Gasteiger partial charge in [0.15, 0.2) is 11.6 Å². The number of aromatic nitrogens is 3. The smallest absolute Gasteiger partial charge is 0.160 e. The van der Waals surface area contributed by atoms with E-state index in [1.165, 1.54) is 10.7 Å². The van der Waals surface area contributed by atoms with Gasteiger partial charge < -0.3 is 0 Å². The highest BCUT2D eigenvalue weighted by molar-refractivity contribution is 6.20. The lowest BCUT2D eigenvalue weighted by Crippen LogP contribution is -1.96. The summed E-state index contributed by atoms with van der Waals surface area (Å²) in [5.74, 6) is -1.82. The highest BCUT2D eigenvalue weighted by Crippen LogP contribution is 2.18. The molecule has 0 aliphatic rings. The fraction of sp³-hybridized carbons (Fsp3) is 0.200. The maximum atomic E-state index is 13.0. The van der Waals surface area contributed by atoms with Crippen molar-refractivity contribution in [3.8, 4) is 5.69 Å². The predicted octanol–water partition coefficient (Wildman–Crippen LogP) is 2.85. The molecule has 0 spiro atoms. The second kappa shape index (κ2) is 4.17. The van der Waals surface area contributed by atoms with E-state index in [9.17, 15) is 8.78 Å². The Morgan fingerprint density at radius 3 is 2.62 bits per heavy atom. The molecule has 3 nitrogen and oxygen atoms in total. The summed E-state index contributed by atoms with van der Waals surface area (Å²) in [6, 6.07) is 3.50. The molecule has 0 saturated heterocycles. The fourth-order valence-corrected chi connectivity index (χ4v) is 1.31. The molecular weight excluding hydrogens is 236 g/mol. The van der Waals surface area contributed by atoms with Crippen molar-refractivity contribution < 1.29 is 8.78 Å². The third kappa shape index (κ3) is 2.04. The zero-order chi connectivity index (χ0) is 11.7. The van der Waals surface area contributed by atoms with E-state index < -0.39 is 11.6 Å². The molecule has 1 aromatic carbocycles. The molecule has 0 amide bonds. The van der Waals surface area contributed by atoms with E-state index in [1.807, 2.05) is 0 Å². The molecule has 0 fully saturated rings. The molecule has 0 N–H and O–H groups in total. The van der Waals surface area contributed by atoms with Gasteiger partial charge in [-0.15, -0.1) is 16.7 Å². The molecule has 2 aromatic rings. The first-order chi connectivity index (χ1) is 7.58. The van der Waals surface area contributed by atoms with Crippen LogP contribution < -0.4 is 0 Å². The van der Waals surface area contributed by atoms with Crippen LogP contribution in [-0.2, 0) is 0 Å². The number of hydrogen-bond acceptors (Lipinski definition) is 2. The number of rotatable bonds is 2. The van der Waals surface area contributed by atoms with Crippen LogP contribution in [0.5, 0.6) is 0 Å². The van der Waals surface area contributed by atoms with E-state index in [4.69, 9.17) is 11.6 Å². The van der Waals surface area contributed by atoms with Gasteiger partial charge >= 0.3 is 0 Å². The summed E-state index contributed by atoms with van der Waals surface area (Å²) in [7, 11) is 0. The standard InChI is InChI=1S/C10H8ClF2N3/c1-6(11)10-5-16(15-14-10)7-2-3-8(12)9(13)4-7/h2-6H,1H3. The average molecular weight is 244 g/mol. The molecule has 0 saturated carbocycles. The van der Waals surface area contributed by atoms with E-state index >= 15 is 0 Å². The summed E-state index contributed by atoms with van der Waals surface area (Å²) < 4.78 is 27.0. The molecule has 0 radical (unpaired) electrons. The van der Waals surface area contributed by atoms with E-state index in [-0.39, 0.29) is 5.38 Å². The number of alkyl halides is 1. The summed E-state index contributed by atoms with van der Waals surface area (Å²) in [5, 5.41) is 7.30. The van der Waals surface area contributed by atoms with Crippen LogP contribution in [0.1, 0.15) is 18.0 Å². The summed E-state index contributed by atoms with van der Waals surface area (Å²) in [6.45, 7) is 1.75. The Balaban J connectivity index is 2.39.